The molecule has 1 saturated carbocycles. The van der Waals surface area contributed by atoms with E-state index >= 15 is 0 Å². The van der Waals surface area contributed by atoms with E-state index in [-0.39, 0.29) is 0 Å². The number of nitrogens with one attached hydrogen (secondary N) is 1. The first-order valence-corrected chi connectivity index (χ1v) is 6.77. The molecule has 0 amide bonds. The molecule has 1 aromatic carbocycles. The summed E-state index contributed by atoms with van der Waals surface area (Å²) in [5.74, 6) is 0. The van der Waals surface area contributed by atoms with Gasteiger partial charge in [0, 0.05) is 11.1 Å². The monoisotopic (exact) mass is 253 g/mol. The first-order valence-electron chi connectivity index (χ1n) is 6.39. The van der Waals surface area contributed by atoms with E-state index in [1.54, 1.807) is 0 Å². The first kappa shape index (κ1) is 12.9. The minimum atomic E-state index is 0.339. The van der Waals surface area contributed by atoms with Crippen molar-refractivity contribution in [3.05, 3.63) is 34.9 Å². The number of hydrogen-bond donors (Lipinski definition) is 1. The summed E-state index contributed by atoms with van der Waals surface area (Å²) < 4.78 is 5.99. The average molecular weight is 254 g/mol. The number of halogens is 1. The minimum Gasteiger partial charge on any atom is -0.372 e. The highest BCUT2D eigenvalue weighted by atomic mass is 35.5. The molecule has 2 nitrogen and oxygen atoms in total. The fraction of sp³-hybridized carbons (Fsp3) is 0.571. The van der Waals surface area contributed by atoms with Gasteiger partial charge in [-0.1, -0.05) is 36.7 Å². The molecule has 0 bridgehead atoms. The Morgan fingerprint density at radius 1 is 1.35 bits per heavy atom. The third-order valence-electron chi connectivity index (χ3n) is 3.33. The quantitative estimate of drug-likeness (QED) is 0.869. The second-order valence-corrected chi connectivity index (χ2v) is 4.94. The number of rotatable bonds is 5. The predicted molar refractivity (Wildman–Crippen MR) is 71.3 cm³/mol. The molecule has 0 aliphatic heterocycles. The van der Waals surface area contributed by atoms with Crippen LogP contribution in [0.25, 0.3) is 0 Å². The standard InChI is InChI=1S/C14H20ClNO/c1-2-16-13-8-5-9-14(13)17-10-11-6-3-4-7-12(11)15/h3-4,6-7,13-14,16H,2,5,8-10H2,1H3. The highest BCUT2D eigenvalue weighted by Crippen LogP contribution is 2.24. The van der Waals surface area contributed by atoms with Crippen LogP contribution in [0.1, 0.15) is 31.7 Å². The molecule has 0 radical (unpaired) electrons. The third-order valence-corrected chi connectivity index (χ3v) is 3.70. The van der Waals surface area contributed by atoms with Crippen molar-refractivity contribution in [1.82, 2.24) is 5.32 Å². The van der Waals surface area contributed by atoms with Crippen molar-refractivity contribution in [2.24, 2.45) is 0 Å². The zero-order valence-electron chi connectivity index (χ0n) is 10.3. The normalized spacial score (nSPS) is 24.1. The number of benzene rings is 1. The Balaban J connectivity index is 1.87. The largest absolute Gasteiger partial charge is 0.372 e. The second kappa shape index (κ2) is 6.39. The molecule has 94 valence electrons. The fourth-order valence-electron chi connectivity index (χ4n) is 2.43. The molecule has 1 N–H and O–H groups in total. The van der Waals surface area contributed by atoms with Gasteiger partial charge in [0.25, 0.3) is 0 Å². The maximum atomic E-state index is 6.11. The highest BCUT2D eigenvalue weighted by molar-refractivity contribution is 6.31. The molecule has 2 atom stereocenters. The Bertz CT molecular complexity index is 356. The molecule has 0 saturated heterocycles. The van der Waals surface area contributed by atoms with Crippen LogP contribution >= 0.6 is 11.6 Å². The molecular formula is C14H20ClNO. The predicted octanol–water partition coefficient (Wildman–Crippen LogP) is 3.39. The Hall–Kier alpha value is -0.570. The Morgan fingerprint density at radius 2 is 2.18 bits per heavy atom. The SMILES string of the molecule is CCNC1CCCC1OCc1ccccc1Cl. The van der Waals surface area contributed by atoms with Crippen molar-refractivity contribution in [2.45, 2.75) is 44.9 Å². The van der Waals surface area contributed by atoms with Crippen LogP contribution in [-0.2, 0) is 11.3 Å². The van der Waals surface area contributed by atoms with Crippen molar-refractivity contribution >= 4 is 11.6 Å². The van der Waals surface area contributed by atoms with Gasteiger partial charge in [-0.2, -0.15) is 0 Å². The van der Waals surface area contributed by atoms with Crippen molar-refractivity contribution in [2.75, 3.05) is 6.54 Å². The molecule has 17 heavy (non-hydrogen) atoms. The maximum Gasteiger partial charge on any atom is 0.0735 e. The van der Waals surface area contributed by atoms with E-state index in [0.717, 1.165) is 23.6 Å². The first-order chi connectivity index (χ1) is 8.31. The van der Waals surface area contributed by atoms with Crippen LogP contribution in [-0.4, -0.2) is 18.7 Å². The van der Waals surface area contributed by atoms with Crippen LogP contribution in [0.15, 0.2) is 24.3 Å². The lowest BCUT2D eigenvalue weighted by Gasteiger charge is -2.21. The van der Waals surface area contributed by atoms with Gasteiger partial charge in [-0.05, 0) is 37.4 Å². The molecule has 0 aromatic heterocycles. The van der Waals surface area contributed by atoms with Crippen LogP contribution in [0.3, 0.4) is 0 Å². The summed E-state index contributed by atoms with van der Waals surface area (Å²) in [7, 11) is 0. The number of ether oxygens (including phenoxy) is 1. The van der Waals surface area contributed by atoms with E-state index in [1.165, 1.54) is 12.8 Å². The number of hydrogen-bond acceptors (Lipinski definition) is 2. The summed E-state index contributed by atoms with van der Waals surface area (Å²) in [6.07, 6.45) is 3.97. The van der Waals surface area contributed by atoms with Crippen LogP contribution in [0, 0.1) is 0 Å². The molecule has 3 heteroatoms. The lowest BCUT2D eigenvalue weighted by molar-refractivity contribution is 0.0283. The van der Waals surface area contributed by atoms with Crippen LogP contribution in [0.5, 0.6) is 0 Å². The van der Waals surface area contributed by atoms with Crippen LogP contribution in [0.4, 0.5) is 0 Å². The van der Waals surface area contributed by atoms with Gasteiger partial charge in [0.05, 0.1) is 12.7 Å². The summed E-state index contributed by atoms with van der Waals surface area (Å²) in [4.78, 5) is 0. The van der Waals surface area contributed by atoms with Crippen LogP contribution < -0.4 is 5.32 Å². The maximum absolute atomic E-state index is 6.11. The highest BCUT2D eigenvalue weighted by Gasteiger charge is 2.27. The van der Waals surface area contributed by atoms with E-state index < -0.39 is 0 Å². The molecule has 0 spiro atoms. The molecular weight excluding hydrogens is 234 g/mol. The summed E-state index contributed by atoms with van der Waals surface area (Å²) in [6.45, 7) is 3.77. The van der Waals surface area contributed by atoms with Crippen LogP contribution in [0.2, 0.25) is 5.02 Å². The van der Waals surface area contributed by atoms with Crippen molar-refractivity contribution in [1.29, 1.82) is 0 Å². The van der Waals surface area contributed by atoms with Crippen molar-refractivity contribution in [3.63, 3.8) is 0 Å². The molecule has 1 fully saturated rings. The van der Waals surface area contributed by atoms with Crippen molar-refractivity contribution < 1.29 is 4.74 Å². The lowest BCUT2D eigenvalue weighted by atomic mass is 10.2. The van der Waals surface area contributed by atoms with Gasteiger partial charge in [0.1, 0.15) is 0 Å². The summed E-state index contributed by atoms with van der Waals surface area (Å²) in [5, 5.41) is 4.28. The van der Waals surface area contributed by atoms with E-state index in [0.29, 0.717) is 18.8 Å². The summed E-state index contributed by atoms with van der Waals surface area (Å²) in [6, 6.07) is 8.41. The van der Waals surface area contributed by atoms with Gasteiger partial charge in [-0.3, -0.25) is 0 Å². The molecule has 1 aliphatic carbocycles. The molecule has 1 aliphatic rings. The van der Waals surface area contributed by atoms with Gasteiger partial charge in [0.15, 0.2) is 0 Å². The van der Waals surface area contributed by atoms with E-state index in [4.69, 9.17) is 16.3 Å². The van der Waals surface area contributed by atoms with Gasteiger partial charge < -0.3 is 10.1 Å². The zero-order chi connectivity index (χ0) is 12.1. The Morgan fingerprint density at radius 3 is 2.94 bits per heavy atom. The molecule has 1 aromatic rings. The number of likely N-dealkylation sites (N-methyl/N-ethyl adjacent to an activating group) is 1. The van der Waals surface area contributed by atoms with Crippen molar-refractivity contribution in [3.8, 4) is 0 Å². The lowest BCUT2D eigenvalue weighted by Crippen LogP contribution is -2.37. The molecule has 0 heterocycles. The van der Waals surface area contributed by atoms with Gasteiger partial charge in [0.2, 0.25) is 0 Å². The molecule has 2 rings (SSSR count). The Labute approximate surface area is 108 Å². The van der Waals surface area contributed by atoms with Gasteiger partial charge in [-0.25, -0.2) is 0 Å². The summed E-state index contributed by atoms with van der Waals surface area (Å²) in [5.41, 5.74) is 1.08. The van der Waals surface area contributed by atoms with E-state index in [2.05, 4.69) is 12.2 Å². The average Bonchev–Trinajstić information content (AvgIpc) is 2.76. The van der Waals surface area contributed by atoms with Gasteiger partial charge >= 0.3 is 0 Å². The topological polar surface area (TPSA) is 21.3 Å². The van der Waals surface area contributed by atoms with E-state index in [9.17, 15) is 0 Å². The Kier molecular flexibility index (Phi) is 4.84. The minimum absolute atomic E-state index is 0.339. The van der Waals surface area contributed by atoms with Gasteiger partial charge in [-0.15, -0.1) is 0 Å². The second-order valence-electron chi connectivity index (χ2n) is 4.54. The summed E-state index contributed by atoms with van der Waals surface area (Å²) >= 11 is 6.11. The molecule has 2 unspecified atom stereocenters. The third kappa shape index (κ3) is 3.44. The van der Waals surface area contributed by atoms with E-state index in [1.807, 2.05) is 24.3 Å². The zero-order valence-corrected chi connectivity index (χ0v) is 11.0. The smallest absolute Gasteiger partial charge is 0.0735 e. The fourth-order valence-corrected chi connectivity index (χ4v) is 2.62.